The fraction of sp³-hybridized carbons (Fsp3) is 0.429. The number of hydrogen-bond acceptors (Lipinski definition) is 4. The number of aliphatic imine (C=N–C) groups is 1. The number of anilines is 1. The molecule has 1 aromatic rings. The molecule has 0 bridgehead atoms. The summed E-state index contributed by atoms with van der Waals surface area (Å²) in [5, 5.41) is 0.363. The van der Waals surface area contributed by atoms with E-state index in [1.807, 2.05) is 0 Å². The summed E-state index contributed by atoms with van der Waals surface area (Å²) in [4.78, 5) is 17.5. The lowest BCUT2D eigenvalue weighted by Gasteiger charge is -2.24. The van der Waals surface area contributed by atoms with E-state index in [1.54, 1.807) is 24.0 Å². The monoisotopic (exact) mass is 342 g/mol. The summed E-state index contributed by atoms with van der Waals surface area (Å²) in [6.07, 6.45) is 0.287. The van der Waals surface area contributed by atoms with Crippen molar-refractivity contribution in [2.45, 2.75) is 24.6 Å². The van der Waals surface area contributed by atoms with Crippen LogP contribution in [0.5, 0.6) is 0 Å². The first-order chi connectivity index (χ1) is 10.4. The Morgan fingerprint density at radius 3 is 2.68 bits per heavy atom. The van der Waals surface area contributed by atoms with Gasteiger partial charge in [-0.15, -0.1) is 0 Å². The van der Waals surface area contributed by atoms with Gasteiger partial charge in [0, 0.05) is 17.4 Å². The summed E-state index contributed by atoms with van der Waals surface area (Å²) >= 11 is 1.32. The molecule has 0 N–H and O–H groups in total. The average molecular weight is 342 g/mol. The highest BCUT2D eigenvalue weighted by Gasteiger charge is 2.49. The second kappa shape index (κ2) is 5.66. The predicted octanol–water partition coefficient (Wildman–Crippen LogP) is 1.84. The number of halogens is 1. The number of hydrogen-bond donors (Lipinski definition) is 0. The zero-order valence-electron chi connectivity index (χ0n) is 11.9. The molecule has 0 aliphatic carbocycles. The third kappa shape index (κ3) is 2.89. The molecule has 22 heavy (non-hydrogen) atoms. The Bertz CT molecular complexity index is 731. The molecule has 2 saturated heterocycles. The number of benzene rings is 1. The minimum atomic E-state index is -3.09. The van der Waals surface area contributed by atoms with Gasteiger partial charge in [-0.3, -0.25) is 4.79 Å². The molecule has 0 unspecified atom stereocenters. The number of thioether (sulfide) groups is 1. The van der Waals surface area contributed by atoms with Gasteiger partial charge in [0.2, 0.25) is 5.91 Å². The minimum absolute atomic E-state index is 0.0291. The molecule has 5 nitrogen and oxygen atoms in total. The lowest BCUT2D eigenvalue weighted by molar-refractivity contribution is -0.117. The number of amides is 1. The molecule has 0 saturated carbocycles. The summed E-state index contributed by atoms with van der Waals surface area (Å²) < 4.78 is 36.8. The molecule has 1 amide bonds. The number of carbonyl (C=O) groups is 1. The zero-order valence-corrected chi connectivity index (χ0v) is 13.5. The van der Waals surface area contributed by atoms with Gasteiger partial charge in [-0.05, 0) is 24.3 Å². The molecule has 118 valence electrons. The van der Waals surface area contributed by atoms with E-state index in [0.29, 0.717) is 10.9 Å². The molecule has 8 heteroatoms. The minimum Gasteiger partial charge on any atom is -0.316 e. The van der Waals surface area contributed by atoms with Crippen LogP contribution in [-0.2, 0) is 14.6 Å². The fourth-order valence-electron chi connectivity index (χ4n) is 2.65. The molecule has 0 spiro atoms. The molecular formula is C14H15FN2O3S2. The molecule has 2 heterocycles. The van der Waals surface area contributed by atoms with Gasteiger partial charge in [0.05, 0.1) is 17.5 Å². The van der Waals surface area contributed by atoms with Crippen LogP contribution in [0.4, 0.5) is 10.1 Å². The molecule has 2 atom stereocenters. The number of sulfone groups is 1. The van der Waals surface area contributed by atoms with E-state index in [9.17, 15) is 17.6 Å². The molecular weight excluding hydrogens is 327 g/mol. The van der Waals surface area contributed by atoms with Gasteiger partial charge >= 0.3 is 0 Å². The second-order valence-electron chi connectivity index (χ2n) is 5.29. The van der Waals surface area contributed by atoms with Gasteiger partial charge in [0.15, 0.2) is 15.0 Å². The number of amidine groups is 1. The summed E-state index contributed by atoms with van der Waals surface area (Å²) in [5.74, 6) is -0.507. The number of nitrogens with zero attached hydrogens (tertiary/aromatic N) is 2. The van der Waals surface area contributed by atoms with Crippen molar-refractivity contribution in [2.24, 2.45) is 4.99 Å². The van der Waals surface area contributed by atoms with E-state index in [4.69, 9.17) is 0 Å². The highest BCUT2D eigenvalue weighted by atomic mass is 32.2. The summed E-state index contributed by atoms with van der Waals surface area (Å²) in [7, 11) is -3.09. The Kier molecular flexibility index (Phi) is 3.98. The first kappa shape index (κ1) is 15.5. The van der Waals surface area contributed by atoms with Crippen molar-refractivity contribution in [3.63, 3.8) is 0 Å². The summed E-state index contributed by atoms with van der Waals surface area (Å²) in [5.41, 5.74) is 0.654. The Morgan fingerprint density at radius 2 is 2.05 bits per heavy atom. The van der Waals surface area contributed by atoms with E-state index in [0.717, 1.165) is 0 Å². The Hall–Kier alpha value is -1.41. The van der Waals surface area contributed by atoms with Crippen LogP contribution in [0.3, 0.4) is 0 Å². The van der Waals surface area contributed by atoms with E-state index in [2.05, 4.69) is 4.99 Å². The van der Waals surface area contributed by atoms with Gasteiger partial charge < -0.3 is 4.90 Å². The van der Waals surface area contributed by atoms with Crippen LogP contribution in [0.1, 0.15) is 13.3 Å². The number of rotatable bonds is 2. The van der Waals surface area contributed by atoms with E-state index in [1.165, 1.54) is 23.9 Å². The molecule has 2 aliphatic heterocycles. The molecule has 3 rings (SSSR count). The van der Waals surface area contributed by atoms with E-state index < -0.39 is 9.84 Å². The molecule has 0 aromatic heterocycles. The number of carbonyl (C=O) groups excluding carboxylic acids is 1. The standard InChI is InChI=1S/C14H15FN2O3S2/c1-2-13(18)16-14-17(10-5-3-9(15)4-6-10)11-7-22(19,20)8-12(11)21-14/h3-6,11-12H,2,7-8H2,1H3/t11-,12-/m0/s1. The van der Waals surface area contributed by atoms with Gasteiger partial charge in [-0.25, -0.2) is 12.8 Å². The first-order valence-corrected chi connectivity index (χ1v) is 9.63. The van der Waals surface area contributed by atoms with Crippen LogP contribution in [0, 0.1) is 5.82 Å². The maximum absolute atomic E-state index is 13.1. The van der Waals surface area contributed by atoms with Gasteiger partial charge in [0.1, 0.15) is 5.82 Å². The predicted molar refractivity (Wildman–Crippen MR) is 85.4 cm³/mol. The first-order valence-electron chi connectivity index (χ1n) is 6.93. The third-order valence-corrected chi connectivity index (χ3v) is 6.90. The Balaban J connectivity index is 2.01. The molecule has 0 radical (unpaired) electrons. The van der Waals surface area contributed by atoms with Crippen molar-refractivity contribution in [1.29, 1.82) is 0 Å². The van der Waals surface area contributed by atoms with Crippen molar-refractivity contribution in [3.05, 3.63) is 30.1 Å². The van der Waals surface area contributed by atoms with Gasteiger partial charge in [-0.1, -0.05) is 18.7 Å². The van der Waals surface area contributed by atoms with Crippen LogP contribution in [0.15, 0.2) is 29.3 Å². The molecule has 2 aliphatic rings. The lowest BCUT2D eigenvalue weighted by Crippen LogP contribution is -2.37. The van der Waals surface area contributed by atoms with Crippen LogP contribution in [0.2, 0.25) is 0 Å². The van der Waals surface area contributed by atoms with Crippen molar-refractivity contribution in [2.75, 3.05) is 16.4 Å². The van der Waals surface area contributed by atoms with Crippen molar-refractivity contribution in [1.82, 2.24) is 0 Å². The summed E-state index contributed by atoms with van der Waals surface area (Å²) in [6, 6.07) is 5.53. The van der Waals surface area contributed by atoms with Crippen LogP contribution >= 0.6 is 11.8 Å². The summed E-state index contributed by atoms with van der Waals surface area (Å²) in [6.45, 7) is 1.72. The fourth-order valence-corrected chi connectivity index (χ4v) is 6.59. The quantitative estimate of drug-likeness (QED) is 0.820. The highest BCUT2D eigenvalue weighted by Crippen LogP contribution is 2.40. The maximum Gasteiger partial charge on any atom is 0.247 e. The van der Waals surface area contributed by atoms with Crippen molar-refractivity contribution in [3.8, 4) is 0 Å². The molecule has 1 aromatic carbocycles. The average Bonchev–Trinajstić information content (AvgIpc) is 2.91. The second-order valence-corrected chi connectivity index (χ2v) is 8.65. The van der Waals surface area contributed by atoms with Crippen LogP contribution in [0.25, 0.3) is 0 Å². The Morgan fingerprint density at radius 1 is 1.36 bits per heavy atom. The Labute approximate surface area is 132 Å². The van der Waals surface area contributed by atoms with E-state index in [-0.39, 0.29) is 40.9 Å². The lowest BCUT2D eigenvalue weighted by atomic mass is 10.2. The SMILES string of the molecule is CCC(=O)N=C1S[C@H]2CS(=O)(=O)C[C@@H]2N1c1ccc(F)cc1. The van der Waals surface area contributed by atoms with Gasteiger partial charge in [0.25, 0.3) is 0 Å². The van der Waals surface area contributed by atoms with E-state index >= 15 is 0 Å². The largest absolute Gasteiger partial charge is 0.316 e. The molecule has 2 fully saturated rings. The smallest absolute Gasteiger partial charge is 0.247 e. The normalized spacial score (nSPS) is 28.1. The third-order valence-electron chi connectivity index (χ3n) is 3.69. The highest BCUT2D eigenvalue weighted by molar-refractivity contribution is 8.16. The van der Waals surface area contributed by atoms with Gasteiger partial charge in [-0.2, -0.15) is 4.99 Å². The van der Waals surface area contributed by atoms with Crippen molar-refractivity contribution >= 4 is 38.4 Å². The zero-order chi connectivity index (χ0) is 15.9. The number of fused-ring (bicyclic) bond motifs is 1. The van der Waals surface area contributed by atoms with Crippen LogP contribution < -0.4 is 4.90 Å². The van der Waals surface area contributed by atoms with Crippen LogP contribution in [-0.4, -0.2) is 42.3 Å². The topological polar surface area (TPSA) is 66.8 Å². The maximum atomic E-state index is 13.1. The van der Waals surface area contributed by atoms with Crippen molar-refractivity contribution < 1.29 is 17.6 Å².